The molecule has 0 saturated carbocycles. The highest BCUT2D eigenvalue weighted by molar-refractivity contribution is 5.96. The average molecular weight is 285 g/mol. The van der Waals surface area contributed by atoms with Crippen LogP contribution in [0, 0.1) is 6.92 Å². The van der Waals surface area contributed by atoms with Gasteiger partial charge in [0.05, 0.1) is 18.3 Å². The van der Waals surface area contributed by atoms with Crippen molar-refractivity contribution in [3.8, 4) is 0 Å². The van der Waals surface area contributed by atoms with Crippen LogP contribution in [-0.4, -0.2) is 28.9 Å². The number of carbonyl (C=O) groups excluding carboxylic acids is 1. The fourth-order valence-corrected chi connectivity index (χ4v) is 2.82. The first-order valence-corrected chi connectivity index (χ1v) is 7.27. The summed E-state index contributed by atoms with van der Waals surface area (Å²) in [6.07, 6.45) is 0.945. The van der Waals surface area contributed by atoms with Gasteiger partial charge in [0.15, 0.2) is 0 Å². The summed E-state index contributed by atoms with van der Waals surface area (Å²) in [5, 5.41) is 7.86. The Morgan fingerprint density at radius 1 is 1.43 bits per heavy atom. The van der Waals surface area contributed by atoms with E-state index < -0.39 is 0 Å². The number of hydrogen-bond acceptors (Lipinski definition) is 4. The lowest BCUT2D eigenvalue weighted by molar-refractivity contribution is 0.0526. The molecule has 3 rings (SSSR count). The van der Waals surface area contributed by atoms with Gasteiger partial charge in [-0.15, -0.1) is 0 Å². The Kier molecular flexibility index (Phi) is 3.64. The molecule has 5 heteroatoms. The van der Waals surface area contributed by atoms with Crippen LogP contribution in [0.1, 0.15) is 41.0 Å². The SMILES string of the molecule is CCOC(=O)c1c(C)nn2c1NCCC2c1ccccc1. The molecule has 1 aliphatic heterocycles. The fraction of sp³-hybridized carbons (Fsp3) is 0.375. The number of rotatable bonds is 3. The van der Waals surface area contributed by atoms with Crippen LogP contribution >= 0.6 is 0 Å². The van der Waals surface area contributed by atoms with Crippen LogP contribution in [0.2, 0.25) is 0 Å². The maximum atomic E-state index is 12.1. The number of fused-ring (bicyclic) bond motifs is 1. The van der Waals surface area contributed by atoms with Crippen molar-refractivity contribution in [2.45, 2.75) is 26.3 Å². The number of nitrogens with zero attached hydrogens (tertiary/aromatic N) is 2. The molecular formula is C16H19N3O2. The Labute approximate surface area is 123 Å². The Morgan fingerprint density at radius 2 is 2.19 bits per heavy atom. The van der Waals surface area contributed by atoms with Crippen LogP contribution in [0.25, 0.3) is 0 Å². The molecular weight excluding hydrogens is 266 g/mol. The summed E-state index contributed by atoms with van der Waals surface area (Å²) in [6, 6.07) is 10.4. The van der Waals surface area contributed by atoms with E-state index in [1.54, 1.807) is 0 Å². The molecule has 0 saturated heterocycles. The second-order valence-corrected chi connectivity index (χ2v) is 5.12. The van der Waals surface area contributed by atoms with Crippen molar-refractivity contribution in [1.82, 2.24) is 9.78 Å². The van der Waals surface area contributed by atoms with Gasteiger partial charge in [-0.25, -0.2) is 9.48 Å². The number of aryl methyl sites for hydroxylation is 1. The third-order valence-corrected chi connectivity index (χ3v) is 3.75. The van der Waals surface area contributed by atoms with Crippen LogP contribution in [-0.2, 0) is 4.74 Å². The molecule has 0 amide bonds. The molecule has 2 heterocycles. The number of carbonyl (C=O) groups is 1. The smallest absolute Gasteiger partial charge is 0.343 e. The lowest BCUT2D eigenvalue weighted by atomic mass is 10.0. The molecule has 1 aliphatic rings. The second-order valence-electron chi connectivity index (χ2n) is 5.12. The van der Waals surface area contributed by atoms with E-state index in [0.29, 0.717) is 17.9 Å². The van der Waals surface area contributed by atoms with Crippen LogP contribution in [0.4, 0.5) is 5.82 Å². The Bertz CT molecular complexity index is 649. The van der Waals surface area contributed by atoms with Crippen molar-refractivity contribution in [2.24, 2.45) is 0 Å². The number of ether oxygens (including phenoxy) is 1. The van der Waals surface area contributed by atoms with Crippen LogP contribution < -0.4 is 5.32 Å². The topological polar surface area (TPSA) is 56.1 Å². The molecule has 5 nitrogen and oxygen atoms in total. The fourth-order valence-electron chi connectivity index (χ4n) is 2.82. The molecule has 2 aromatic rings. The molecule has 0 radical (unpaired) electrons. The summed E-state index contributed by atoms with van der Waals surface area (Å²) in [5.41, 5.74) is 2.47. The minimum absolute atomic E-state index is 0.157. The quantitative estimate of drug-likeness (QED) is 0.881. The normalized spacial score (nSPS) is 17.0. The minimum Gasteiger partial charge on any atom is -0.462 e. The predicted octanol–water partition coefficient (Wildman–Crippen LogP) is 2.77. The minimum atomic E-state index is -0.308. The molecule has 1 aromatic carbocycles. The highest BCUT2D eigenvalue weighted by Crippen LogP contribution is 2.33. The second kappa shape index (κ2) is 5.60. The molecule has 0 bridgehead atoms. The van der Waals surface area contributed by atoms with Gasteiger partial charge in [0.1, 0.15) is 11.4 Å². The van der Waals surface area contributed by atoms with E-state index in [0.717, 1.165) is 18.8 Å². The van der Waals surface area contributed by atoms with Gasteiger partial charge in [0.25, 0.3) is 0 Å². The first-order valence-electron chi connectivity index (χ1n) is 7.27. The molecule has 1 aromatic heterocycles. The third-order valence-electron chi connectivity index (χ3n) is 3.75. The van der Waals surface area contributed by atoms with Crippen LogP contribution in [0.3, 0.4) is 0 Å². The average Bonchev–Trinajstić information content (AvgIpc) is 2.84. The zero-order valence-corrected chi connectivity index (χ0v) is 12.3. The van der Waals surface area contributed by atoms with Crippen molar-refractivity contribution in [3.05, 3.63) is 47.2 Å². The van der Waals surface area contributed by atoms with Crippen molar-refractivity contribution in [2.75, 3.05) is 18.5 Å². The van der Waals surface area contributed by atoms with Gasteiger partial charge in [0, 0.05) is 6.54 Å². The predicted molar refractivity (Wildman–Crippen MR) is 80.6 cm³/mol. The van der Waals surface area contributed by atoms with Crippen molar-refractivity contribution < 1.29 is 9.53 Å². The van der Waals surface area contributed by atoms with Gasteiger partial charge in [-0.3, -0.25) is 0 Å². The highest BCUT2D eigenvalue weighted by Gasteiger charge is 2.29. The summed E-state index contributed by atoms with van der Waals surface area (Å²) in [5.74, 6) is 0.462. The molecule has 1 unspecified atom stereocenters. The number of anilines is 1. The van der Waals surface area contributed by atoms with Gasteiger partial charge in [-0.1, -0.05) is 30.3 Å². The zero-order valence-electron chi connectivity index (χ0n) is 12.3. The number of esters is 1. The van der Waals surface area contributed by atoms with Gasteiger partial charge < -0.3 is 10.1 Å². The van der Waals surface area contributed by atoms with Crippen molar-refractivity contribution in [3.63, 3.8) is 0 Å². The standard InChI is InChI=1S/C16H19N3O2/c1-3-21-16(20)14-11(2)18-19-13(9-10-17-15(14)19)12-7-5-4-6-8-12/h4-8,13,17H,3,9-10H2,1-2H3. The third kappa shape index (κ3) is 2.39. The largest absolute Gasteiger partial charge is 0.462 e. The van der Waals surface area contributed by atoms with E-state index in [-0.39, 0.29) is 12.0 Å². The number of hydrogen-bond donors (Lipinski definition) is 1. The summed E-state index contributed by atoms with van der Waals surface area (Å²) in [4.78, 5) is 12.1. The van der Waals surface area contributed by atoms with Gasteiger partial charge in [-0.05, 0) is 25.8 Å². The summed E-state index contributed by atoms with van der Waals surface area (Å²) in [7, 11) is 0. The summed E-state index contributed by atoms with van der Waals surface area (Å²) in [6.45, 7) is 4.84. The van der Waals surface area contributed by atoms with E-state index in [4.69, 9.17) is 4.74 Å². The van der Waals surface area contributed by atoms with Crippen LogP contribution in [0.15, 0.2) is 30.3 Å². The van der Waals surface area contributed by atoms with Crippen LogP contribution in [0.5, 0.6) is 0 Å². The highest BCUT2D eigenvalue weighted by atomic mass is 16.5. The van der Waals surface area contributed by atoms with Gasteiger partial charge >= 0.3 is 5.97 Å². The number of nitrogens with one attached hydrogen (secondary N) is 1. The molecule has 110 valence electrons. The maximum absolute atomic E-state index is 12.1. The number of benzene rings is 1. The van der Waals surface area contributed by atoms with E-state index in [9.17, 15) is 4.79 Å². The van der Waals surface area contributed by atoms with E-state index in [2.05, 4.69) is 22.5 Å². The maximum Gasteiger partial charge on any atom is 0.343 e. The van der Waals surface area contributed by atoms with E-state index >= 15 is 0 Å². The monoisotopic (exact) mass is 285 g/mol. The Morgan fingerprint density at radius 3 is 2.90 bits per heavy atom. The molecule has 0 fully saturated rings. The Balaban J connectivity index is 2.04. The molecule has 1 N–H and O–H groups in total. The summed E-state index contributed by atoms with van der Waals surface area (Å²) >= 11 is 0. The first kappa shape index (κ1) is 13.7. The van der Waals surface area contributed by atoms with Crippen molar-refractivity contribution >= 4 is 11.8 Å². The zero-order chi connectivity index (χ0) is 14.8. The molecule has 0 aliphatic carbocycles. The van der Waals surface area contributed by atoms with Gasteiger partial charge in [-0.2, -0.15) is 5.10 Å². The lowest BCUT2D eigenvalue weighted by Crippen LogP contribution is -2.25. The molecule has 21 heavy (non-hydrogen) atoms. The molecule has 0 spiro atoms. The van der Waals surface area contributed by atoms with Crippen molar-refractivity contribution in [1.29, 1.82) is 0 Å². The summed E-state index contributed by atoms with van der Waals surface area (Å²) < 4.78 is 7.06. The van der Waals surface area contributed by atoms with E-state index in [1.807, 2.05) is 36.7 Å². The molecule has 1 atom stereocenters. The van der Waals surface area contributed by atoms with Gasteiger partial charge in [0.2, 0.25) is 0 Å². The Hall–Kier alpha value is -2.30. The lowest BCUT2D eigenvalue weighted by Gasteiger charge is -2.26. The van der Waals surface area contributed by atoms with E-state index in [1.165, 1.54) is 5.56 Å². The number of aromatic nitrogens is 2. The first-order chi connectivity index (χ1) is 10.2.